The van der Waals surface area contributed by atoms with Gasteiger partial charge in [-0.25, -0.2) is 4.98 Å². The first-order valence-corrected chi connectivity index (χ1v) is 7.10. The molecule has 0 aromatic carbocycles. The third-order valence-electron chi connectivity index (χ3n) is 3.00. The molecule has 94 valence electrons. The minimum atomic E-state index is 0.554. The molecule has 4 heteroatoms. The van der Waals surface area contributed by atoms with Crippen LogP contribution in [0.4, 0.5) is 0 Å². The normalized spacial score (nSPS) is 13.7. The van der Waals surface area contributed by atoms with Gasteiger partial charge in [0.05, 0.1) is 11.4 Å². The van der Waals surface area contributed by atoms with Crippen molar-refractivity contribution in [3.8, 4) is 0 Å². The molecule has 0 aliphatic carbocycles. The fourth-order valence-electron chi connectivity index (χ4n) is 2.22. The average Bonchev–Trinajstić information content (AvgIpc) is 2.74. The molecule has 1 N–H and O–H groups in total. The number of fused-ring (bicyclic) bond motifs is 1. The Morgan fingerprint density at radius 2 is 2.18 bits per heavy atom. The first-order valence-electron chi connectivity index (χ1n) is 6.22. The molecule has 2 aromatic heterocycles. The van der Waals surface area contributed by atoms with Crippen LogP contribution in [0, 0.1) is 12.8 Å². The van der Waals surface area contributed by atoms with E-state index in [1.807, 2.05) is 0 Å². The maximum atomic E-state index is 4.55. The standard InChI is InChI=1S/C13H21N3S/c1-9(2)7-10(3)14-8-12-11(4)15-13-16(12)5-6-17-13/h5-6,9-10,14H,7-8H2,1-4H3. The average molecular weight is 251 g/mol. The maximum absolute atomic E-state index is 4.55. The maximum Gasteiger partial charge on any atom is 0.194 e. The zero-order chi connectivity index (χ0) is 12.4. The predicted molar refractivity (Wildman–Crippen MR) is 73.6 cm³/mol. The Morgan fingerprint density at radius 1 is 1.41 bits per heavy atom. The summed E-state index contributed by atoms with van der Waals surface area (Å²) in [7, 11) is 0. The highest BCUT2D eigenvalue weighted by atomic mass is 32.1. The molecule has 0 spiro atoms. The lowest BCUT2D eigenvalue weighted by atomic mass is 10.1. The van der Waals surface area contributed by atoms with Gasteiger partial charge in [-0.2, -0.15) is 0 Å². The Balaban J connectivity index is 2.03. The molecule has 2 rings (SSSR count). The van der Waals surface area contributed by atoms with Gasteiger partial charge in [-0.15, -0.1) is 11.3 Å². The Labute approximate surface area is 107 Å². The number of rotatable bonds is 5. The van der Waals surface area contributed by atoms with Crippen molar-refractivity contribution < 1.29 is 0 Å². The first-order chi connectivity index (χ1) is 8.08. The Kier molecular flexibility index (Phi) is 3.84. The largest absolute Gasteiger partial charge is 0.309 e. The highest BCUT2D eigenvalue weighted by Crippen LogP contribution is 2.17. The summed E-state index contributed by atoms with van der Waals surface area (Å²) in [6.07, 6.45) is 3.31. The van der Waals surface area contributed by atoms with Crippen LogP contribution in [-0.4, -0.2) is 15.4 Å². The van der Waals surface area contributed by atoms with E-state index >= 15 is 0 Å². The summed E-state index contributed by atoms with van der Waals surface area (Å²) in [6, 6.07) is 0.554. The lowest BCUT2D eigenvalue weighted by Gasteiger charge is -2.15. The summed E-state index contributed by atoms with van der Waals surface area (Å²) >= 11 is 1.69. The first kappa shape index (κ1) is 12.6. The fourth-order valence-corrected chi connectivity index (χ4v) is 2.99. The van der Waals surface area contributed by atoms with Crippen molar-refractivity contribution >= 4 is 16.3 Å². The van der Waals surface area contributed by atoms with E-state index in [1.165, 1.54) is 12.1 Å². The second-order valence-corrected chi connectivity index (χ2v) is 5.98. The molecule has 0 saturated carbocycles. The molecular weight excluding hydrogens is 230 g/mol. The van der Waals surface area contributed by atoms with Crippen LogP contribution in [0.5, 0.6) is 0 Å². The van der Waals surface area contributed by atoms with Crippen molar-refractivity contribution in [2.24, 2.45) is 5.92 Å². The van der Waals surface area contributed by atoms with Crippen LogP contribution in [0.3, 0.4) is 0 Å². The van der Waals surface area contributed by atoms with Crippen molar-refractivity contribution in [2.45, 2.75) is 46.7 Å². The molecule has 1 unspecified atom stereocenters. The van der Waals surface area contributed by atoms with Crippen molar-refractivity contribution in [2.75, 3.05) is 0 Å². The Bertz CT molecular complexity index is 484. The highest BCUT2D eigenvalue weighted by Gasteiger charge is 2.11. The summed E-state index contributed by atoms with van der Waals surface area (Å²) < 4.78 is 2.19. The number of aryl methyl sites for hydroxylation is 1. The van der Waals surface area contributed by atoms with Gasteiger partial charge in [-0.05, 0) is 26.2 Å². The number of aromatic nitrogens is 2. The van der Waals surface area contributed by atoms with E-state index in [-0.39, 0.29) is 0 Å². The number of hydrogen-bond donors (Lipinski definition) is 1. The van der Waals surface area contributed by atoms with Gasteiger partial charge in [0.25, 0.3) is 0 Å². The number of nitrogens with one attached hydrogen (secondary N) is 1. The zero-order valence-corrected chi connectivity index (χ0v) is 11.8. The van der Waals surface area contributed by atoms with E-state index < -0.39 is 0 Å². The highest BCUT2D eigenvalue weighted by molar-refractivity contribution is 7.15. The predicted octanol–water partition coefficient (Wildman–Crippen LogP) is 3.23. The van der Waals surface area contributed by atoms with Gasteiger partial charge in [0.2, 0.25) is 0 Å². The SMILES string of the molecule is Cc1nc2sccn2c1CNC(C)CC(C)C. The van der Waals surface area contributed by atoms with Crippen molar-refractivity contribution in [3.05, 3.63) is 23.0 Å². The monoisotopic (exact) mass is 251 g/mol. The van der Waals surface area contributed by atoms with Gasteiger partial charge >= 0.3 is 0 Å². The molecule has 0 saturated heterocycles. The molecule has 3 nitrogen and oxygen atoms in total. The second kappa shape index (κ2) is 5.19. The molecule has 2 aromatic rings. The smallest absolute Gasteiger partial charge is 0.194 e. The molecule has 17 heavy (non-hydrogen) atoms. The van der Waals surface area contributed by atoms with E-state index in [0.29, 0.717) is 6.04 Å². The van der Waals surface area contributed by atoms with Gasteiger partial charge in [-0.3, -0.25) is 4.40 Å². The molecule has 1 atom stereocenters. The molecule has 0 radical (unpaired) electrons. The van der Waals surface area contributed by atoms with E-state index in [2.05, 4.69) is 54.0 Å². The topological polar surface area (TPSA) is 29.3 Å². The lowest BCUT2D eigenvalue weighted by molar-refractivity contribution is 0.438. The van der Waals surface area contributed by atoms with E-state index in [1.54, 1.807) is 11.3 Å². The van der Waals surface area contributed by atoms with Crippen LogP contribution in [0.25, 0.3) is 4.96 Å². The Morgan fingerprint density at radius 3 is 2.88 bits per heavy atom. The van der Waals surface area contributed by atoms with Crippen molar-refractivity contribution in [3.63, 3.8) is 0 Å². The molecular formula is C13H21N3S. The fraction of sp³-hybridized carbons (Fsp3) is 0.615. The van der Waals surface area contributed by atoms with E-state index in [9.17, 15) is 0 Å². The van der Waals surface area contributed by atoms with Gasteiger partial charge in [0, 0.05) is 24.2 Å². The number of hydrogen-bond acceptors (Lipinski definition) is 3. The molecule has 0 fully saturated rings. The second-order valence-electron chi connectivity index (χ2n) is 5.11. The zero-order valence-electron chi connectivity index (χ0n) is 11.0. The summed E-state index contributed by atoms with van der Waals surface area (Å²) in [6.45, 7) is 9.77. The third-order valence-corrected chi connectivity index (χ3v) is 3.76. The number of imidazole rings is 1. The minimum Gasteiger partial charge on any atom is -0.309 e. The summed E-state index contributed by atoms with van der Waals surface area (Å²) in [5.41, 5.74) is 2.43. The van der Waals surface area contributed by atoms with Crippen LogP contribution in [0.1, 0.15) is 38.6 Å². The minimum absolute atomic E-state index is 0.554. The number of nitrogens with zero attached hydrogens (tertiary/aromatic N) is 2. The quantitative estimate of drug-likeness (QED) is 0.884. The molecule has 2 heterocycles. The van der Waals surface area contributed by atoms with E-state index in [4.69, 9.17) is 0 Å². The molecule has 0 aliphatic heterocycles. The third kappa shape index (κ3) is 2.87. The van der Waals surface area contributed by atoms with Crippen molar-refractivity contribution in [1.29, 1.82) is 0 Å². The van der Waals surface area contributed by atoms with Crippen LogP contribution in [0.15, 0.2) is 11.6 Å². The van der Waals surface area contributed by atoms with Gasteiger partial charge in [0.15, 0.2) is 4.96 Å². The lowest BCUT2D eigenvalue weighted by Crippen LogP contribution is -2.27. The molecule has 0 bridgehead atoms. The summed E-state index contributed by atoms with van der Waals surface area (Å²) in [5, 5.41) is 5.67. The van der Waals surface area contributed by atoms with Crippen LogP contribution < -0.4 is 5.32 Å². The van der Waals surface area contributed by atoms with Gasteiger partial charge < -0.3 is 5.32 Å². The molecule has 0 aliphatic rings. The molecule has 0 amide bonds. The Hall–Kier alpha value is -0.870. The van der Waals surface area contributed by atoms with Gasteiger partial charge in [-0.1, -0.05) is 13.8 Å². The summed E-state index contributed by atoms with van der Waals surface area (Å²) in [4.78, 5) is 5.65. The van der Waals surface area contributed by atoms with Crippen LogP contribution in [0.2, 0.25) is 0 Å². The van der Waals surface area contributed by atoms with Crippen LogP contribution >= 0.6 is 11.3 Å². The van der Waals surface area contributed by atoms with Crippen molar-refractivity contribution in [1.82, 2.24) is 14.7 Å². The van der Waals surface area contributed by atoms with E-state index in [0.717, 1.165) is 23.1 Å². The van der Waals surface area contributed by atoms with Crippen LogP contribution in [-0.2, 0) is 6.54 Å². The number of thiazole rings is 1. The summed E-state index contributed by atoms with van der Waals surface area (Å²) in [5.74, 6) is 0.741. The van der Waals surface area contributed by atoms with Gasteiger partial charge in [0.1, 0.15) is 0 Å².